The van der Waals surface area contributed by atoms with Crippen LogP contribution in [-0.4, -0.2) is 43.6 Å². The molecule has 23 heavy (non-hydrogen) atoms. The van der Waals surface area contributed by atoms with Gasteiger partial charge in [-0.25, -0.2) is 4.99 Å². The minimum Gasteiger partial charge on any atom is -0.357 e. The third kappa shape index (κ3) is 6.15. The van der Waals surface area contributed by atoms with E-state index in [4.69, 9.17) is 4.99 Å². The zero-order valence-electron chi connectivity index (χ0n) is 14.9. The largest absolute Gasteiger partial charge is 0.357 e. The summed E-state index contributed by atoms with van der Waals surface area (Å²) in [6.45, 7) is 13.0. The van der Waals surface area contributed by atoms with Gasteiger partial charge >= 0.3 is 0 Å². The average Bonchev–Trinajstić information content (AvgIpc) is 3.19. The summed E-state index contributed by atoms with van der Waals surface area (Å²) in [6.07, 6.45) is 3.67. The highest BCUT2D eigenvalue weighted by atomic mass is 32.1. The maximum atomic E-state index is 4.74. The Morgan fingerprint density at radius 1 is 1.26 bits per heavy atom. The Balaban J connectivity index is 1.80. The number of nitrogens with zero attached hydrogens (tertiary/aromatic N) is 2. The number of hydrogen-bond donors (Lipinski definition) is 2. The molecule has 0 spiro atoms. The van der Waals surface area contributed by atoms with Gasteiger partial charge in [-0.3, -0.25) is 0 Å². The zero-order valence-corrected chi connectivity index (χ0v) is 15.7. The van der Waals surface area contributed by atoms with Gasteiger partial charge in [0.25, 0.3) is 0 Å². The number of thiophene rings is 1. The highest BCUT2D eigenvalue weighted by Gasteiger charge is 2.21. The zero-order chi connectivity index (χ0) is 16.5. The first-order chi connectivity index (χ1) is 11.2. The number of rotatable bonds is 8. The standard InChI is InChI=1S/C18H32N4S/c1-4-10-22-11-9-15(14-22)12-20-18(19-6-3)21-13-17-8-7-16(5-2)23-17/h7-8,15H,4-6,9-14H2,1-3H3,(H2,19,20,21). The van der Waals surface area contributed by atoms with Crippen LogP contribution in [0.15, 0.2) is 17.1 Å². The van der Waals surface area contributed by atoms with Crippen molar-refractivity contribution in [3.05, 3.63) is 21.9 Å². The Morgan fingerprint density at radius 3 is 2.78 bits per heavy atom. The van der Waals surface area contributed by atoms with Gasteiger partial charge in [-0.1, -0.05) is 13.8 Å². The van der Waals surface area contributed by atoms with Crippen molar-refractivity contribution < 1.29 is 0 Å². The Bertz CT molecular complexity index is 483. The molecule has 2 N–H and O–H groups in total. The van der Waals surface area contributed by atoms with Crippen molar-refractivity contribution in [1.82, 2.24) is 15.5 Å². The van der Waals surface area contributed by atoms with E-state index in [9.17, 15) is 0 Å². The number of guanidine groups is 1. The topological polar surface area (TPSA) is 39.7 Å². The Kier molecular flexibility index (Phi) is 7.89. The molecule has 1 atom stereocenters. The maximum absolute atomic E-state index is 4.74. The van der Waals surface area contributed by atoms with Gasteiger partial charge in [0.15, 0.2) is 5.96 Å². The van der Waals surface area contributed by atoms with Gasteiger partial charge in [-0.15, -0.1) is 11.3 Å². The van der Waals surface area contributed by atoms with E-state index in [0.29, 0.717) is 0 Å². The molecule has 0 saturated carbocycles. The fourth-order valence-electron chi connectivity index (χ4n) is 3.04. The summed E-state index contributed by atoms with van der Waals surface area (Å²) in [5, 5.41) is 6.90. The molecule has 2 rings (SSSR count). The Labute approximate surface area is 145 Å². The summed E-state index contributed by atoms with van der Waals surface area (Å²) in [7, 11) is 0. The molecule has 0 radical (unpaired) electrons. The Hall–Kier alpha value is -1.07. The fraction of sp³-hybridized carbons (Fsp3) is 0.722. The number of aliphatic imine (C=N–C) groups is 1. The molecule has 1 fully saturated rings. The van der Waals surface area contributed by atoms with Crippen LogP contribution in [0, 0.1) is 5.92 Å². The predicted octanol–water partition coefficient (Wildman–Crippen LogP) is 3.10. The van der Waals surface area contributed by atoms with Crippen molar-refractivity contribution in [3.8, 4) is 0 Å². The predicted molar refractivity (Wildman–Crippen MR) is 101 cm³/mol. The minimum atomic E-state index is 0.749. The van der Waals surface area contributed by atoms with Gasteiger partial charge in [0.1, 0.15) is 0 Å². The van der Waals surface area contributed by atoms with Gasteiger partial charge in [-0.2, -0.15) is 0 Å². The summed E-state index contributed by atoms with van der Waals surface area (Å²) >= 11 is 1.87. The first kappa shape index (κ1) is 18.3. The summed E-state index contributed by atoms with van der Waals surface area (Å²) < 4.78 is 0. The molecule has 5 heteroatoms. The van der Waals surface area contributed by atoms with Gasteiger partial charge in [0.05, 0.1) is 6.54 Å². The number of nitrogens with one attached hydrogen (secondary N) is 2. The summed E-state index contributed by atoms with van der Waals surface area (Å²) in [5.41, 5.74) is 0. The number of hydrogen-bond acceptors (Lipinski definition) is 3. The Morgan fingerprint density at radius 2 is 2.09 bits per heavy atom. The van der Waals surface area contributed by atoms with Crippen LogP contribution in [0.1, 0.15) is 43.4 Å². The van der Waals surface area contributed by atoms with Gasteiger partial charge in [-0.05, 0) is 57.3 Å². The fourth-order valence-corrected chi connectivity index (χ4v) is 3.92. The molecular weight excluding hydrogens is 304 g/mol. The van der Waals surface area contributed by atoms with Crippen LogP contribution in [0.3, 0.4) is 0 Å². The smallest absolute Gasteiger partial charge is 0.191 e. The van der Waals surface area contributed by atoms with Crippen molar-refractivity contribution in [2.45, 2.75) is 46.6 Å². The molecule has 0 bridgehead atoms. The lowest BCUT2D eigenvalue weighted by Crippen LogP contribution is -2.40. The maximum Gasteiger partial charge on any atom is 0.191 e. The van der Waals surface area contributed by atoms with Gasteiger partial charge in [0.2, 0.25) is 0 Å². The molecule has 1 aliphatic rings. The minimum absolute atomic E-state index is 0.749. The van der Waals surface area contributed by atoms with Crippen molar-refractivity contribution in [2.75, 3.05) is 32.7 Å². The molecule has 1 aromatic heterocycles. The quantitative estimate of drug-likeness (QED) is 0.566. The molecule has 1 unspecified atom stereocenters. The normalized spacial score (nSPS) is 19.3. The monoisotopic (exact) mass is 336 g/mol. The SMILES string of the molecule is CCCN1CCC(CNC(=NCc2ccc(CC)s2)NCC)C1. The van der Waals surface area contributed by atoms with E-state index in [-0.39, 0.29) is 0 Å². The van der Waals surface area contributed by atoms with E-state index in [1.807, 2.05) is 11.3 Å². The lowest BCUT2D eigenvalue weighted by molar-refractivity contribution is 0.324. The van der Waals surface area contributed by atoms with E-state index in [1.54, 1.807) is 0 Å². The first-order valence-electron chi connectivity index (χ1n) is 9.07. The number of likely N-dealkylation sites (tertiary alicyclic amines) is 1. The molecular formula is C18H32N4S. The molecule has 1 aliphatic heterocycles. The van der Waals surface area contributed by atoms with E-state index >= 15 is 0 Å². The van der Waals surface area contributed by atoms with Crippen molar-refractivity contribution >= 4 is 17.3 Å². The van der Waals surface area contributed by atoms with Crippen molar-refractivity contribution in [3.63, 3.8) is 0 Å². The second-order valence-electron chi connectivity index (χ2n) is 6.25. The summed E-state index contributed by atoms with van der Waals surface area (Å²) in [4.78, 5) is 10.1. The summed E-state index contributed by atoms with van der Waals surface area (Å²) in [5.74, 6) is 1.70. The van der Waals surface area contributed by atoms with E-state index in [2.05, 4.69) is 48.4 Å². The van der Waals surface area contributed by atoms with Crippen LogP contribution < -0.4 is 10.6 Å². The van der Waals surface area contributed by atoms with Crippen LogP contribution in [0.25, 0.3) is 0 Å². The van der Waals surface area contributed by atoms with Crippen LogP contribution in [0.4, 0.5) is 0 Å². The van der Waals surface area contributed by atoms with Gasteiger partial charge < -0.3 is 15.5 Å². The van der Waals surface area contributed by atoms with Crippen LogP contribution in [0.5, 0.6) is 0 Å². The van der Waals surface area contributed by atoms with Crippen molar-refractivity contribution in [1.29, 1.82) is 0 Å². The second-order valence-corrected chi connectivity index (χ2v) is 7.51. The van der Waals surface area contributed by atoms with Crippen LogP contribution in [-0.2, 0) is 13.0 Å². The molecule has 2 heterocycles. The van der Waals surface area contributed by atoms with Crippen LogP contribution >= 0.6 is 11.3 Å². The first-order valence-corrected chi connectivity index (χ1v) is 9.88. The molecule has 130 valence electrons. The molecule has 0 aromatic carbocycles. The third-order valence-electron chi connectivity index (χ3n) is 4.27. The van der Waals surface area contributed by atoms with Gasteiger partial charge in [0, 0.05) is 29.4 Å². The number of aryl methyl sites for hydroxylation is 1. The second kappa shape index (κ2) is 9.93. The lowest BCUT2D eigenvalue weighted by Gasteiger charge is -2.16. The highest BCUT2D eigenvalue weighted by Crippen LogP contribution is 2.18. The van der Waals surface area contributed by atoms with E-state index in [0.717, 1.165) is 37.9 Å². The van der Waals surface area contributed by atoms with Crippen LogP contribution in [0.2, 0.25) is 0 Å². The van der Waals surface area contributed by atoms with Crippen molar-refractivity contribution in [2.24, 2.45) is 10.9 Å². The van der Waals surface area contributed by atoms with E-state index in [1.165, 1.54) is 42.2 Å². The third-order valence-corrected chi connectivity index (χ3v) is 5.49. The lowest BCUT2D eigenvalue weighted by atomic mass is 10.1. The molecule has 1 aromatic rings. The average molecular weight is 337 g/mol. The molecule has 1 saturated heterocycles. The summed E-state index contributed by atoms with van der Waals surface area (Å²) in [6, 6.07) is 4.42. The molecule has 0 amide bonds. The van der Waals surface area contributed by atoms with E-state index < -0.39 is 0 Å². The molecule has 4 nitrogen and oxygen atoms in total. The highest BCUT2D eigenvalue weighted by molar-refractivity contribution is 7.11. The molecule has 0 aliphatic carbocycles.